The molecular formula is C35H42N2O16. The molecule has 0 radical (unpaired) electrons. The van der Waals surface area contributed by atoms with E-state index in [9.17, 15) is 55.2 Å². The molecule has 2 saturated heterocycles. The first-order chi connectivity index (χ1) is 25.3. The van der Waals surface area contributed by atoms with Crippen LogP contribution in [0.1, 0.15) is 16.8 Å². The number of rotatable bonds is 14. The number of carbonyl (C=O) groups excluding carboxylic acids is 2. The molecule has 0 aliphatic carbocycles. The van der Waals surface area contributed by atoms with Crippen LogP contribution in [0.25, 0.3) is 10.8 Å². The SMILES string of the molecule is COc1ccc(O[C@@H]2O[C@H](CO[C@]3(C(=O)O)C[C@H](O)[C@@H](NC(=O)CO)[C@H]([C@H](O)[C@H](O)CNC(=O)c4ccc5ccccc5c4)O3)[C@H](O)[C@H](O)[C@H]2O)cc1. The lowest BCUT2D eigenvalue weighted by Gasteiger charge is -2.47. The quantitative estimate of drug-likeness (QED) is 0.0824. The van der Waals surface area contributed by atoms with Crippen molar-refractivity contribution in [1.29, 1.82) is 0 Å². The molecule has 0 aromatic heterocycles. The summed E-state index contributed by atoms with van der Waals surface area (Å²) in [5.41, 5.74) is 0.238. The van der Waals surface area contributed by atoms with Gasteiger partial charge in [0.25, 0.3) is 11.7 Å². The Labute approximate surface area is 302 Å². The van der Waals surface area contributed by atoms with E-state index in [0.717, 1.165) is 10.8 Å². The van der Waals surface area contributed by atoms with Crippen LogP contribution in [0.2, 0.25) is 0 Å². The molecule has 2 fully saturated rings. The van der Waals surface area contributed by atoms with Gasteiger partial charge < -0.3 is 75.2 Å². The number of carbonyl (C=O) groups is 3. The molecule has 53 heavy (non-hydrogen) atoms. The Balaban J connectivity index is 1.31. The van der Waals surface area contributed by atoms with E-state index in [-0.39, 0.29) is 11.3 Å². The van der Waals surface area contributed by atoms with E-state index < -0.39 is 111 Å². The molecule has 2 heterocycles. The number of nitrogens with one attached hydrogen (secondary N) is 2. The fourth-order valence-corrected chi connectivity index (χ4v) is 6.07. The third-order valence-corrected chi connectivity index (χ3v) is 9.05. The number of aliphatic hydroxyl groups excluding tert-OH is 7. The molecule has 18 heteroatoms. The van der Waals surface area contributed by atoms with Gasteiger partial charge in [0.2, 0.25) is 12.2 Å². The second-order valence-electron chi connectivity index (χ2n) is 12.6. The van der Waals surface area contributed by atoms with E-state index >= 15 is 0 Å². The number of carboxylic acid groups (broad SMARTS) is 1. The van der Waals surface area contributed by atoms with Crippen LogP contribution in [-0.4, -0.2) is 152 Å². The maximum atomic E-state index is 12.9. The van der Waals surface area contributed by atoms with Crippen molar-refractivity contribution in [2.75, 3.05) is 26.9 Å². The predicted octanol–water partition coefficient (Wildman–Crippen LogP) is -2.39. The van der Waals surface area contributed by atoms with Crippen LogP contribution < -0.4 is 20.1 Å². The van der Waals surface area contributed by atoms with Crippen molar-refractivity contribution in [3.05, 3.63) is 72.3 Å². The second-order valence-corrected chi connectivity index (χ2v) is 12.6. The van der Waals surface area contributed by atoms with Crippen molar-refractivity contribution < 1.29 is 78.9 Å². The maximum Gasteiger partial charge on any atom is 0.364 e. The van der Waals surface area contributed by atoms with Gasteiger partial charge in [-0.25, -0.2) is 4.79 Å². The van der Waals surface area contributed by atoms with Gasteiger partial charge in [0, 0.05) is 18.5 Å². The van der Waals surface area contributed by atoms with Crippen LogP contribution in [0.4, 0.5) is 0 Å². The summed E-state index contributed by atoms with van der Waals surface area (Å²) in [5, 5.41) is 91.0. The second kappa shape index (κ2) is 17.1. The zero-order chi connectivity index (χ0) is 38.4. The number of aliphatic carboxylic acids is 1. The summed E-state index contributed by atoms with van der Waals surface area (Å²) in [6, 6.07) is 16.6. The number of hydrogen-bond donors (Lipinski definition) is 10. The van der Waals surface area contributed by atoms with E-state index in [1.54, 1.807) is 42.5 Å². The van der Waals surface area contributed by atoms with Gasteiger partial charge in [-0.2, -0.15) is 0 Å². The molecule has 0 bridgehead atoms. The van der Waals surface area contributed by atoms with Gasteiger partial charge in [-0.05, 0) is 47.2 Å². The highest BCUT2D eigenvalue weighted by Gasteiger charge is 2.57. The van der Waals surface area contributed by atoms with Gasteiger partial charge in [-0.1, -0.05) is 30.3 Å². The van der Waals surface area contributed by atoms with Crippen molar-refractivity contribution in [1.82, 2.24) is 10.6 Å². The first-order valence-corrected chi connectivity index (χ1v) is 16.5. The highest BCUT2D eigenvalue weighted by molar-refractivity contribution is 5.98. The topological polar surface area (TPSA) is 283 Å². The minimum atomic E-state index is -2.82. The van der Waals surface area contributed by atoms with Crippen molar-refractivity contribution in [3.8, 4) is 11.5 Å². The third kappa shape index (κ3) is 9.02. The molecule has 5 rings (SSSR count). The summed E-state index contributed by atoms with van der Waals surface area (Å²) >= 11 is 0. The number of ether oxygens (including phenoxy) is 5. The Bertz CT molecular complexity index is 1730. The predicted molar refractivity (Wildman–Crippen MR) is 179 cm³/mol. The third-order valence-electron chi connectivity index (χ3n) is 9.05. The molecule has 0 spiro atoms. The fraction of sp³-hybridized carbons (Fsp3) is 0.457. The van der Waals surface area contributed by atoms with Crippen LogP contribution in [0.3, 0.4) is 0 Å². The van der Waals surface area contributed by atoms with Gasteiger partial charge in [-0.3, -0.25) is 9.59 Å². The van der Waals surface area contributed by atoms with Crippen LogP contribution in [0.15, 0.2) is 66.7 Å². The van der Waals surface area contributed by atoms with Gasteiger partial charge in [0.15, 0.2) is 0 Å². The molecule has 18 nitrogen and oxygen atoms in total. The maximum absolute atomic E-state index is 12.9. The molecule has 11 atom stereocenters. The Morgan fingerprint density at radius 1 is 0.925 bits per heavy atom. The fourth-order valence-electron chi connectivity index (χ4n) is 6.07. The lowest BCUT2D eigenvalue weighted by atomic mass is 9.88. The highest BCUT2D eigenvalue weighted by atomic mass is 16.7. The molecule has 2 aliphatic rings. The zero-order valence-corrected chi connectivity index (χ0v) is 28.3. The number of aliphatic hydroxyl groups is 7. The molecular weight excluding hydrogens is 704 g/mol. The van der Waals surface area contributed by atoms with Gasteiger partial charge >= 0.3 is 5.97 Å². The van der Waals surface area contributed by atoms with Crippen LogP contribution >= 0.6 is 0 Å². The minimum absolute atomic E-state index is 0.179. The molecule has 3 aromatic rings. The van der Waals surface area contributed by atoms with E-state index in [1.165, 1.54) is 19.2 Å². The number of fused-ring (bicyclic) bond motifs is 1. The Hall–Kier alpha value is -4.47. The Morgan fingerprint density at radius 3 is 2.26 bits per heavy atom. The van der Waals surface area contributed by atoms with Crippen LogP contribution in [0.5, 0.6) is 11.5 Å². The molecule has 2 aliphatic heterocycles. The number of amides is 2. The average Bonchev–Trinajstić information content (AvgIpc) is 3.16. The number of carboxylic acids is 1. The average molecular weight is 747 g/mol. The molecule has 0 saturated carbocycles. The molecule has 288 valence electrons. The number of hydrogen-bond acceptors (Lipinski definition) is 15. The van der Waals surface area contributed by atoms with Crippen LogP contribution in [-0.2, 0) is 23.8 Å². The van der Waals surface area contributed by atoms with E-state index in [4.69, 9.17) is 23.7 Å². The van der Waals surface area contributed by atoms with Crippen LogP contribution in [0, 0.1) is 0 Å². The summed E-state index contributed by atoms with van der Waals surface area (Å²) < 4.78 is 27.7. The van der Waals surface area contributed by atoms with Crippen molar-refractivity contribution in [2.45, 2.75) is 73.4 Å². The summed E-state index contributed by atoms with van der Waals surface area (Å²) in [6.45, 7) is -2.50. The van der Waals surface area contributed by atoms with E-state index in [2.05, 4.69) is 10.6 Å². The largest absolute Gasteiger partial charge is 0.497 e. The number of benzene rings is 3. The highest BCUT2D eigenvalue weighted by Crippen LogP contribution is 2.35. The van der Waals surface area contributed by atoms with Crippen molar-refractivity contribution in [2.24, 2.45) is 0 Å². The van der Waals surface area contributed by atoms with E-state index in [1.807, 2.05) is 12.1 Å². The lowest BCUT2D eigenvalue weighted by Crippen LogP contribution is -2.69. The van der Waals surface area contributed by atoms with Gasteiger partial charge in [0.05, 0.1) is 32.0 Å². The molecule has 2 amide bonds. The standard InChI is InChI=1S/C35H42N2O16/c1-49-20-8-10-21(11-9-20)51-33-30(45)29(44)28(43)24(52-33)16-50-35(34(47)48)13-22(39)26(37-25(41)15-38)31(53-35)27(42)23(40)14-36-32(46)19-7-6-17-4-2-3-5-18(17)12-19/h2-12,22-24,26-31,33,38-40,42-45H,13-16H2,1H3,(H,36,46)(H,37,41)(H,47,48)/t22-,23+,24+,26+,27+,28-,29-,30+,31+,33+,35+/m0/s1. The summed E-state index contributed by atoms with van der Waals surface area (Å²) in [6.07, 6.45) is -17.2. The molecule has 3 aromatic carbocycles. The van der Waals surface area contributed by atoms with E-state index in [0.29, 0.717) is 5.75 Å². The summed E-state index contributed by atoms with van der Waals surface area (Å²) in [7, 11) is 1.45. The molecule has 0 unspecified atom stereocenters. The number of methoxy groups -OCH3 is 1. The summed E-state index contributed by atoms with van der Waals surface area (Å²) in [4.78, 5) is 37.8. The normalized spacial score (nSPS) is 29.8. The first kappa shape index (κ1) is 39.7. The van der Waals surface area contributed by atoms with Crippen molar-refractivity contribution in [3.63, 3.8) is 0 Å². The minimum Gasteiger partial charge on any atom is -0.497 e. The monoisotopic (exact) mass is 746 g/mol. The first-order valence-electron chi connectivity index (χ1n) is 16.5. The summed E-state index contributed by atoms with van der Waals surface area (Å²) in [5.74, 6) is -5.64. The van der Waals surface area contributed by atoms with Gasteiger partial charge in [-0.15, -0.1) is 0 Å². The molecule has 10 N–H and O–H groups in total. The van der Waals surface area contributed by atoms with Crippen molar-refractivity contribution >= 4 is 28.6 Å². The Morgan fingerprint density at radius 2 is 1.60 bits per heavy atom. The lowest BCUT2D eigenvalue weighted by molar-refractivity contribution is -0.331. The Kier molecular flexibility index (Phi) is 12.8. The smallest absolute Gasteiger partial charge is 0.364 e. The zero-order valence-electron chi connectivity index (χ0n) is 28.3. The van der Waals surface area contributed by atoms with Gasteiger partial charge in [0.1, 0.15) is 54.7 Å².